The molecule has 0 aromatic heterocycles. The lowest BCUT2D eigenvalue weighted by atomic mass is 10.6. The average molecular weight is 125 g/mol. The first-order chi connectivity index (χ1) is 4.22. The first-order valence-corrected chi connectivity index (χ1v) is 2.28. The highest BCUT2D eigenvalue weighted by Gasteiger charge is 2.02. The van der Waals surface area contributed by atoms with E-state index in [1.54, 1.807) is 0 Å². The number of hydrogen-bond donors (Lipinski definition) is 1. The zero-order valence-corrected chi connectivity index (χ0v) is 4.87. The Bertz CT molecular complexity index is 157. The summed E-state index contributed by atoms with van der Waals surface area (Å²) in [5.41, 5.74) is 0. The molecule has 0 heterocycles. The highest BCUT2D eigenvalue weighted by molar-refractivity contribution is 5.66. The Morgan fingerprint density at radius 2 is 2.56 bits per heavy atom. The Balaban J connectivity index is 3.86. The van der Waals surface area contributed by atoms with Crippen molar-refractivity contribution in [3.8, 4) is 12.3 Å². The molecule has 0 aromatic rings. The summed E-state index contributed by atoms with van der Waals surface area (Å²) in [5, 5.41) is 8.26. The molecule has 0 saturated heterocycles. The monoisotopic (exact) mass is 125 g/mol. The molecule has 0 rings (SSSR count). The van der Waals surface area contributed by atoms with Gasteiger partial charge in [-0.15, -0.1) is 6.42 Å². The van der Waals surface area contributed by atoms with Crippen molar-refractivity contribution in [3.63, 3.8) is 0 Å². The maximum absolute atomic E-state index is 10.1. The summed E-state index contributed by atoms with van der Waals surface area (Å²) in [4.78, 5) is 11.0. The highest BCUT2D eigenvalue weighted by atomic mass is 16.4. The second-order valence-electron chi connectivity index (χ2n) is 1.30. The summed E-state index contributed by atoms with van der Waals surface area (Å²) in [7, 11) is 0. The van der Waals surface area contributed by atoms with E-state index in [4.69, 9.17) is 11.5 Å². The molecule has 0 aliphatic carbocycles. The van der Waals surface area contributed by atoms with Crippen LogP contribution in [-0.4, -0.2) is 22.6 Å². The third-order valence-corrected chi connectivity index (χ3v) is 0.728. The van der Waals surface area contributed by atoms with Crippen molar-refractivity contribution in [2.45, 2.75) is 0 Å². The van der Waals surface area contributed by atoms with Crippen molar-refractivity contribution in [3.05, 3.63) is 12.8 Å². The van der Waals surface area contributed by atoms with Gasteiger partial charge in [0.2, 0.25) is 0 Å². The minimum absolute atomic E-state index is 0.0544. The minimum Gasteiger partial charge on any atom is -0.465 e. The number of nitrogens with zero attached hydrogens (tertiary/aromatic N) is 1. The Hall–Kier alpha value is -1.43. The maximum Gasteiger partial charge on any atom is 0.412 e. The largest absolute Gasteiger partial charge is 0.465 e. The van der Waals surface area contributed by atoms with Gasteiger partial charge in [-0.2, -0.15) is 0 Å². The first kappa shape index (κ1) is 7.57. The van der Waals surface area contributed by atoms with Gasteiger partial charge in [0, 0.05) is 6.20 Å². The molecule has 0 fully saturated rings. The molecule has 1 N–H and O–H groups in total. The molecule has 0 unspecified atom stereocenters. The molecule has 0 radical (unpaired) electrons. The van der Waals surface area contributed by atoms with Gasteiger partial charge in [-0.1, -0.05) is 12.5 Å². The molecule has 0 saturated carbocycles. The maximum atomic E-state index is 10.1. The Kier molecular flexibility index (Phi) is 2.99. The quantitative estimate of drug-likeness (QED) is 0.553. The smallest absolute Gasteiger partial charge is 0.412 e. The van der Waals surface area contributed by atoms with E-state index in [-0.39, 0.29) is 6.54 Å². The van der Waals surface area contributed by atoms with Crippen molar-refractivity contribution in [2.24, 2.45) is 0 Å². The normalized spacial score (nSPS) is 7.44. The Morgan fingerprint density at radius 3 is 2.67 bits per heavy atom. The van der Waals surface area contributed by atoms with E-state index in [2.05, 4.69) is 12.5 Å². The lowest BCUT2D eigenvalue weighted by molar-refractivity contribution is 0.167. The number of terminal acetylenes is 1. The summed E-state index contributed by atoms with van der Waals surface area (Å²) in [6, 6.07) is 0. The molecule has 0 bridgehead atoms. The molecular formula is C6H7NO2. The molecule has 9 heavy (non-hydrogen) atoms. The molecule has 0 aliphatic rings. The van der Waals surface area contributed by atoms with Gasteiger partial charge in [0.05, 0.1) is 6.54 Å². The fraction of sp³-hybridized carbons (Fsp3) is 0.167. The third-order valence-electron chi connectivity index (χ3n) is 0.728. The van der Waals surface area contributed by atoms with Gasteiger partial charge in [-0.3, -0.25) is 4.90 Å². The second-order valence-corrected chi connectivity index (χ2v) is 1.30. The van der Waals surface area contributed by atoms with Crippen molar-refractivity contribution in [2.75, 3.05) is 6.54 Å². The average Bonchev–Trinajstić information content (AvgIpc) is 1.82. The molecule has 0 atom stereocenters. The molecule has 3 nitrogen and oxygen atoms in total. The van der Waals surface area contributed by atoms with Gasteiger partial charge >= 0.3 is 6.09 Å². The molecule has 1 amide bonds. The van der Waals surface area contributed by atoms with Crippen molar-refractivity contribution < 1.29 is 9.90 Å². The molecule has 3 heteroatoms. The molecule has 0 aliphatic heterocycles. The summed E-state index contributed by atoms with van der Waals surface area (Å²) in [6.07, 6.45) is 4.93. The van der Waals surface area contributed by atoms with E-state index in [1.165, 1.54) is 6.20 Å². The first-order valence-electron chi connectivity index (χ1n) is 2.28. The molecule has 0 aromatic carbocycles. The van der Waals surface area contributed by atoms with E-state index in [9.17, 15) is 4.79 Å². The molecular weight excluding hydrogens is 118 g/mol. The fourth-order valence-electron chi connectivity index (χ4n) is 0.309. The van der Waals surface area contributed by atoms with Crippen LogP contribution in [0.5, 0.6) is 0 Å². The van der Waals surface area contributed by atoms with Crippen LogP contribution < -0.4 is 0 Å². The minimum atomic E-state index is -1.08. The number of hydrogen-bond acceptors (Lipinski definition) is 1. The van der Waals surface area contributed by atoms with Crippen LogP contribution >= 0.6 is 0 Å². The van der Waals surface area contributed by atoms with E-state index >= 15 is 0 Å². The van der Waals surface area contributed by atoms with Crippen LogP contribution in [0.1, 0.15) is 0 Å². The molecule has 48 valence electrons. The predicted molar refractivity (Wildman–Crippen MR) is 33.8 cm³/mol. The van der Waals surface area contributed by atoms with E-state index in [1.807, 2.05) is 0 Å². The van der Waals surface area contributed by atoms with Gasteiger partial charge in [-0.25, -0.2) is 4.79 Å². The van der Waals surface area contributed by atoms with Crippen molar-refractivity contribution in [1.29, 1.82) is 0 Å². The summed E-state index contributed by atoms with van der Waals surface area (Å²) in [6.45, 7) is 3.30. The van der Waals surface area contributed by atoms with E-state index in [0.29, 0.717) is 0 Å². The molecule has 0 spiro atoms. The van der Waals surface area contributed by atoms with Crippen molar-refractivity contribution >= 4 is 6.09 Å². The van der Waals surface area contributed by atoms with Crippen LogP contribution in [-0.2, 0) is 0 Å². The number of rotatable bonds is 2. The van der Waals surface area contributed by atoms with Gasteiger partial charge in [0.1, 0.15) is 0 Å². The SMILES string of the molecule is C#CCN(C=C)C(=O)O. The number of carbonyl (C=O) groups is 1. The van der Waals surface area contributed by atoms with Gasteiger partial charge in [0.15, 0.2) is 0 Å². The lowest BCUT2D eigenvalue weighted by Crippen LogP contribution is -2.23. The lowest BCUT2D eigenvalue weighted by Gasteiger charge is -2.07. The fourth-order valence-corrected chi connectivity index (χ4v) is 0.309. The van der Waals surface area contributed by atoms with Crippen LogP contribution in [0.4, 0.5) is 4.79 Å². The summed E-state index contributed by atoms with van der Waals surface area (Å²) < 4.78 is 0. The van der Waals surface area contributed by atoms with Crippen LogP contribution in [0.15, 0.2) is 12.8 Å². The van der Waals surface area contributed by atoms with Gasteiger partial charge in [-0.05, 0) is 0 Å². The van der Waals surface area contributed by atoms with E-state index < -0.39 is 6.09 Å². The van der Waals surface area contributed by atoms with E-state index in [0.717, 1.165) is 4.90 Å². The zero-order chi connectivity index (χ0) is 7.28. The topological polar surface area (TPSA) is 40.5 Å². The summed E-state index contributed by atoms with van der Waals surface area (Å²) >= 11 is 0. The standard InChI is InChI=1S/C6H7NO2/c1-3-5-7(4-2)6(8)9/h1,4H,2,5H2,(H,8,9). The van der Waals surface area contributed by atoms with Crippen LogP contribution in [0.3, 0.4) is 0 Å². The zero-order valence-electron chi connectivity index (χ0n) is 4.87. The Labute approximate surface area is 53.6 Å². The van der Waals surface area contributed by atoms with Crippen molar-refractivity contribution in [1.82, 2.24) is 4.90 Å². The summed E-state index contributed by atoms with van der Waals surface area (Å²) in [5.74, 6) is 2.17. The second kappa shape index (κ2) is 3.56. The highest BCUT2D eigenvalue weighted by Crippen LogP contribution is 1.86. The number of carboxylic acid groups (broad SMARTS) is 1. The van der Waals surface area contributed by atoms with Gasteiger partial charge in [0.25, 0.3) is 0 Å². The Morgan fingerprint density at radius 1 is 2.00 bits per heavy atom. The predicted octanol–water partition coefficient (Wildman–Crippen LogP) is 0.743. The number of amides is 1. The third kappa shape index (κ3) is 2.39. The van der Waals surface area contributed by atoms with Crippen LogP contribution in [0, 0.1) is 12.3 Å². The van der Waals surface area contributed by atoms with Crippen LogP contribution in [0.25, 0.3) is 0 Å². The van der Waals surface area contributed by atoms with Crippen LogP contribution in [0.2, 0.25) is 0 Å². The van der Waals surface area contributed by atoms with Gasteiger partial charge < -0.3 is 5.11 Å².